The van der Waals surface area contributed by atoms with Gasteiger partial charge in [0.2, 0.25) is 0 Å². The van der Waals surface area contributed by atoms with Gasteiger partial charge >= 0.3 is 0 Å². The van der Waals surface area contributed by atoms with E-state index in [-0.39, 0.29) is 0 Å². The lowest BCUT2D eigenvalue weighted by Crippen LogP contribution is -2.28. The summed E-state index contributed by atoms with van der Waals surface area (Å²) in [6.07, 6.45) is 0. The Morgan fingerprint density at radius 3 is 1.32 bits per heavy atom. The third kappa shape index (κ3) is 7.49. The molecule has 1 aliphatic rings. The molecule has 0 saturated carbocycles. The van der Waals surface area contributed by atoms with Crippen LogP contribution in [0.2, 0.25) is 0 Å². The predicted molar refractivity (Wildman–Crippen MR) is 313 cm³/mol. The van der Waals surface area contributed by atoms with Crippen molar-refractivity contribution in [3.8, 4) is 66.8 Å². The van der Waals surface area contributed by atoms with Crippen LogP contribution >= 0.6 is 0 Å². The summed E-state index contributed by atoms with van der Waals surface area (Å²) in [6.45, 7) is 0. The minimum Gasteiger partial charge on any atom is -0.456 e. The number of hydrogen-bond donors (Lipinski definition) is 0. The third-order valence-electron chi connectivity index (χ3n) is 15.4. The number of furan rings is 1. The van der Waals surface area contributed by atoms with Gasteiger partial charge < -0.3 is 9.32 Å². The maximum absolute atomic E-state index is 6.19. The Morgan fingerprint density at radius 1 is 0.253 bits per heavy atom. The molecule has 0 fully saturated rings. The zero-order chi connectivity index (χ0) is 49.7. The van der Waals surface area contributed by atoms with Crippen LogP contribution in [-0.4, -0.2) is 0 Å². The van der Waals surface area contributed by atoms with Crippen LogP contribution in [0.3, 0.4) is 0 Å². The van der Waals surface area contributed by atoms with Crippen LogP contribution in [0.5, 0.6) is 0 Å². The second-order valence-electron chi connectivity index (χ2n) is 19.5. The average molecular weight is 956 g/mol. The van der Waals surface area contributed by atoms with Crippen LogP contribution in [0.15, 0.2) is 302 Å². The molecule has 0 saturated heterocycles. The van der Waals surface area contributed by atoms with E-state index in [1.54, 1.807) is 0 Å². The zero-order valence-corrected chi connectivity index (χ0v) is 41.1. The molecule has 0 N–H and O–H groups in total. The summed E-state index contributed by atoms with van der Waals surface area (Å²) in [6, 6.07) is 108. The number of rotatable bonds is 10. The number of nitrogens with zero attached hydrogens (tertiary/aromatic N) is 1. The summed E-state index contributed by atoms with van der Waals surface area (Å²) < 4.78 is 6.19. The predicted octanol–water partition coefficient (Wildman–Crippen LogP) is 19.8. The maximum Gasteiger partial charge on any atom is 0.135 e. The van der Waals surface area contributed by atoms with Crippen molar-refractivity contribution in [3.05, 3.63) is 320 Å². The normalized spacial score (nSPS) is 12.4. The van der Waals surface area contributed by atoms with Gasteiger partial charge in [0.1, 0.15) is 11.2 Å². The SMILES string of the molecule is c1ccc(-c2ccc(-c3ccc(N(c4ccc(-c5ccc6oc7ccccc7c6c5)cc4)c4ccc(-c5cccc6c5-c5ccccc5C6(c5ccccc5)c5ccccc5)cc4)cc3)cc2-c2ccccc2)cc1. The smallest absolute Gasteiger partial charge is 0.135 e. The highest BCUT2D eigenvalue weighted by atomic mass is 16.3. The molecule has 0 amide bonds. The van der Waals surface area contributed by atoms with Gasteiger partial charge in [-0.15, -0.1) is 0 Å². The molecule has 0 bridgehead atoms. The number of para-hydroxylation sites is 1. The molecule has 1 aliphatic carbocycles. The highest BCUT2D eigenvalue weighted by Crippen LogP contribution is 2.58. The monoisotopic (exact) mass is 955 g/mol. The van der Waals surface area contributed by atoms with Crippen molar-refractivity contribution in [1.29, 1.82) is 0 Å². The molecule has 0 unspecified atom stereocenters. The molecule has 75 heavy (non-hydrogen) atoms. The summed E-state index contributed by atoms with van der Waals surface area (Å²) in [4.78, 5) is 2.37. The minimum atomic E-state index is -0.468. The zero-order valence-electron chi connectivity index (χ0n) is 41.1. The van der Waals surface area contributed by atoms with Gasteiger partial charge in [0.15, 0.2) is 0 Å². The van der Waals surface area contributed by atoms with E-state index >= 15 is 0 Å². The van der Waals surface area contributed by atoms with E-state index in [1.807, 2.05) is 12.1 Å². The Morgan fingerprint density at radius 2 is 0.693 bits per heavy atom. The average Bonchev–Trinajstić information content (AvgIpc) is 4.07. The summed E-state index contributed by atoms with van der Waals surface area (Å²) in [5.41, 5.74) is 24.1. The van der Waals surface area contributed by atoms with Crippen molar-refractivity contribution in [1.82, 2.24) is 0 Å². The number of hydrogen-bond acceptors (Lipinski definition) is 2. The van der Waals surface area contributed by atoms with Crippen molar-refractivity contribution in [2.24, 2.45) is 0 Å². The third-order valence-corrected chi connectivity index (χ3v) is 15.4. The first-order valence-corrected chi connectivity index (χ1v) is 25.8. The molecular formula is C73H49NO. The molecule has 0 aliphatic heterocycles. The van der Waals surface area contributed by atoms with Crippen molar-refractivity contribution < 1.29 is 4.42 Å². The number of benzene rings is 12. The van der Waals surface area contributed by atoms with Gasteiger partial charge in [-0.05, 0) is 150 Å². The van der Waals surface area contributed by atoms with Crippen LogP contribution in [0.1, 0.15) is 22.3 Å². The Hall–Kier alpha value is -9.76. The number of fused-ring (bicyclic) bond motifs is 6. The lowest BCUT2D eigenvalue weighted by atomic mass is 9.67. The van der Waals surface area contributed by atoms with Gasteiger partial charge in [0.25, 0.3) is 0 Å². The first-order chi connectivity index (χ1) is 37.2. The van der Waals surface area contributed by atoms with Gasteiger partial charge in [-0.2, -0.15) is 0 Å². The Balaban J connectivity index is 0.870. The molecule has 1 aromatic heterocycles. The maximum atomic E-state index is 6.19. The fraction of sp³-hybridized carbons (Fsp3) is 0.0137. The molecule has 2 heteroatoms. The summed E-state index contributed by atoms with van der Waals surface area (Å²) in [5, 5.41) is 2.25. The summed E-state index contributed by atoms with van der Waals surface area (Å²) in [5.74, 6) is 0. The second kappa shape index (κ2) is 18.4. The Kier molecular flexibility index (Phi) is 10.8. The minimum absolute atomic E-state index is 0.468. The van der Waals surface area contributed by atoms with E-state index in [2.05, 4.69) is 290 Å². The van der Waals surface area contributed by atoms with Gasteiger partial charge in [0.05, 0.1) is 5.41 Å². The van der Waals surface area contributed by atoms with E-state index in [1.165, 1.54) is 72.3 Å². The van der Waals surface area contributed by atoms with E-state index in [0.717, 1.165) is 55.7 Å². The number of anilines is 3. The Bertz CT molecular complexity index is 4140. The van der Waals surface area contributed by atoms with E-state index in [0.29, 0.717) is 0 Å². The highest BCUT2D eigenvalue weighted by Gasteiger charge is 2.46. The quantitative estimate of drug-likeness (QED) is 0.136. The van der Waals surface area contributed by atoms with Gasteiger partial charge in [-0.3, -0.25) is 0 Å². The largest absolute Gasteiger partial charge is 0.456 e. The molecule has 13 aromatic rings. The van der Waals surface area contributed by atoms with E-state index in [4.69, 9.17) is 4.42 Å². The molecular weight excluding hydrogens is 907 g/mol. The van der Waals surface area contributed by atoms with Crippen molar-refractivity contribution in [2.75, 3.05) is 4.90 Å². The molecule has 0 radical (unpaired) electrons. The van der Waals surface area contributed by atoms with Crippen molar-refractivity contribution >= 4 is 39.0 Å². The molecule has 352 valence electrons. The van der Waals surface area contributed by atoms with Crippen LogP contribution in [0.25, 0.3) is 88.7 Å². The van der Waals surface area contributed by atoms with Crippen molar-refractivity contribution in [3.63, 3.8) is 0 Å². The van der Waals surface area contributed by atoms with Gasteiger partial charge in [0, 0.05) is 27.8 Å². The molecule has 12 aromatic carbocycles. The topological polar surface area (TPSA) is 16.4 Å². The van der Waals surface area contributed by atoms with Crippen LogP contribution in [0, 0.1) is 0 Å². The summed E-state index contributed by atoms with van der Waals surface area (Å²) in [7, 11) is 0. The van der Waals surface area contributed by atoms with Gasteiger partial charge in [-0.1, -0.05) is 237 Å². The lowest BCUT2D eigenvalue weighted by molar-refractivity contribution is 0.669. The molecule has 1 heterocycles. The first-order valence-electron chi connectivity index (χ1n) is 25.8. The summed E-state index contributed by atoms with van der Waals surface area (Å²) >= 11 is 0. The highest BCUT2D eigenvalue weighted by molar-refractivity contribution is 6.06. The van der Waals surface area contributed by atoms with Crippen LogP contribution < -0.4 is 4.90 Å². The molecule has 0 atom stereocenters. The van der Waals surface area contributed by atoms with Gasteiger partial charge in [-0.25, -0.2) is 0 Å². The first kappa shape index (κ1) is 44.0. The van der Waals surface area contributed by atoms with Crippen LogP contribution in [0.4, 0.5) is 17.1 Å². The lowest BCUT2D eigenvalue weighted by Gasteiger charge is -2.34. The van der Waals surface area contributed by atoms with E-state index < -0.39 is 5.41 Å². The standard InChI is InChI=1S/C73H49NO/c1-5-18-52(19-6-1)62-46-38-55(48-66(62)53-20-7-2-8-21-53)50-32-40-59(41-33-50)74(60-42-34-51(35-43-60)56-39-47-71-67(49-56)64-26-14-16-31-70(64)75-71)61-44-36-54(37-45-61)63-28-17-30-69-72(63)65-27-13-15-29-68(65)73(69,57-22-9-3-10-23-57)58-24-11-4-12-25-58/h1-49H. The van der Waals surface area contributed by atoms with E-state index in [9.17, 15) is 0 Å². The van der Waals surface area contributed by atoms with Crippen molar-refractivity contribution in [2.45, 2.75) is 5.41 Å². The molecule has 0 spiro atoms. The fourth-order valence-electron chi connectivity index (χ4n) is 11.9. The van der Waals surface area contributed by atoms with Crippen LogP contribution in [-0.2, 0) is 5.41 Å². The fourth-order valence-corrected chi connectivity index (χ4v) is 11.9. The molecule has 14 rings (SSSR count). The molecule has 2 nitrogen and oxygen atoms in total. The second-order valence-corrected chi connectivity index (χ2v) is 19.5. The Labute approximate surface area is 437 Å².